The number of hydrogen-bond acceptors (Lipinski definition) is 6. The van der Waals surface area contributed by atoms with Gasteiger partial charge in [0.05, 0.1) is 38.6 Å². The van der Waals surface area contributed by atoms with Gasteiger partial charge in [-0.1, -0.05) is 47.5 Å². The minimum atomic E-state index is -0.541. The van der Waals surface area contributed by atoms with Crippen molar-refractivity contribution in [2.75, 3.05) is 7.11 Å². The van der Waals surface area contributed by atoms with Crippen LogP contribution < -0.4 is 9.47 Å². The molecule has 1 aliphatic rings. The summed E-state index contributed by atoms with van der Waals surface area (Å²) in [5.41, 5.74) is 1.64. The van der Waals surface area contributed by atoms with Gasteiger partial charge in [-0.3, -0.25) is 14.5 Å². The SMILES string of the molecule is COc1cc(/C=C2\SC(=O)N(Cc3ccc(Cl)c(Cl)c3)C2=O)cc(Br)c1OC(=O)c1ccccc1. The standard InChI is InChI=1S/C25H16BrCl2NO5S/c1-33-20-11-15(9-17(26)22(20)34-24(31)16-5-3-2-4-6-16)12-21-23(30)29(25(32)35-21)13-14-7-8-18(27)19(28)10-14/h2-12H,13H2,1H3/b21-12-. The van der Waals surface area contributed by atoms with Crippen molar-refractivity contribution in [3.8, 4) is 11.5 Å². The molecule has 0 aliphatic carbocycles. The van der Waals surface area contributed by atoms with Crippen LogP contribution in [0.3, 0.4) is 0 Å². The van der Waals surface area contributed by atoms with Gasteiger partial charge in [0.25, 0.3) is 11.1 Å². The van der Waals surface area contributed by atoms with E-state index in [-0.39, 0.29) is 22.9 Å². The van der Waals surface area contributed by atoms with Crippen molar-refractivity contribution >= 4 is 74.1 Å². The van der Waals surface area contributed by atoms with Gasteiger partial charge in [0.15, 0.2) is 11.5 Å². The van der Waals surface area contributed by atoms with Crippen molar-refractivity contribution in [1.82, 2.24) is 4.90 Å². The van der Waals surface area contributed by atoms with Crippen LogP contribution in [0.2, 0.25) is 10.0 Å². The molecule has 0 radical (unpaired) electrons. The summed E-state index contributed by atoms with van der Waals surface area (Å²) in [4.78, 5) is 39.3. The number of carbonyl (C=O) groups excluding carboxylic acids is 3. The highest BCUT2D eigenvalue weighted by atomic mass is 79.9. The molecule has 3 aromatic carbocycles. The van der Waals surface area contributed by atoms with Crippen molar-refractivity contribution in [1.29, 1.82) is 0 Å². The maximum atomic E-state index is 12.9. The number of benzene rings is 3. The van der Waals surface area contributed by atoms with Crippen molar-refractivity contribution in [2.24, 2.45) is 0 Å². The smallest absolute Gasteiger partial charge is 0.343 e. The lowest BCUT2D eigenvalue weighted by Gasteiger charge is -2.13. The molecule has 178 valence electrons. The minimum absolute atomic E-state index is 0.0697. The number of imide groups is 1. The summed E-state index contributed by atoms with van der Waals surface area (Å²) in [6, 6.07) is 16.8. The van der Waals surface area contributed by atoms with Crippen molar-refractivity contribution in [2.45, 2.75) is 6.54 Å². The fraction of sp³-hybridized carbons (Fsp3) is 0.0800. The molecule has 6 nitrogen and oxygen atoms in total. The van der Waals surface area contributed by atoms with E-state index in [4.69, 9.17) is 32.7 Å². The van der Waals surface area contributed by atoms with E-state index in [0.29, 0.717) is 31.2 Å². The van der Waals surface area contributed by atoms with E-state index in [2.05, 4.69) is 15.9 Å². The number of ether oxygens (including phenoxy) is 2. The highest BCUT2D eigenvalue weighted by Crippen LogP contribution is 2.40. The van der Waals surface area contributed by atoms with Gasteiger partial charge in [0, 0.05) is 0 Å². The summed E-state index contributed by atoms with van der Waals surface area (Å²) >= 11 is 16.2. The Morgan fingerprint density at radius 1 is 1.06 bits per heavy atom. The molecule has 2 amide bonds. The third-order valence-electron chi connectivity index (χ3n) is 4.95. The number of methoxy groups -OCH3 is 1. The average molecular weight is 593 g/mol. The number of nitrogens with zero attached hydrogens (tertiary/aromatic N) is 1. The van der Waals surface area contributed by atoms with E-state index in [1.807, 2.05) is 0 Å². The Labute approximate surface area is 223 Å². The molecule has 35 heavy (non-hydrogen) atoms. The van der Waals surface area contributed by atoms with Gasteiger partial charge in [0.2, 0.25) is 0 Å². The second kappa shape index (κ2) is 10.9. The Morgan fingerprint density at radius 3 is 2.49 bits per heavy atom. The fourth-order valence-electron chi connectivity index (χ4n) is 3.26. The van der Waals surface area contributed by atoms with Gasteiger partial charge in [-0.15, -0.1) is 0 Å². The van der Waals surface area contributed by atoms with E-state index in [1.165, 1.54) is 7.11 Å². The van der Waals surface area contributed by atoms with E-state index in [0.717, 1.165) is 16.7 Å². The zero-order chi connectivity index (χ0) is 25.1. The van der Waals surface area contributed by atoms with E-state index < -0.39 is 17.1 Å². The number of thioether (sulfide) groups is 1. The Balaban J connectivity index is 1.56. The molecule has 0 saturated carbocycles. The maximum Gasteiger partial charge on any atom is 0.343 e. The number of rotatable bonds is 6. The van der Waals surface area contributed by atoms with Crippen LogP contribution in [-0.4, -0.2) is 29.1 Å². The zero-order valence-electron chi connectivity index (χ0n) is 18.1. The first-order chi connectivity index (χ1) is 16.8. The second-order valence-corrected chi connectivity index (χ2v) is 9.97. The first kappa shape index (κ1) is 25.3. The van der Waals surface area contributed by atoms with Crippen LogP contribution in [-0.2, 0) is 11.3 Å². The van der Waals surface area contributed by atoms with Crippen LogP contribution >= 0.6 is 50.9 Å². The predicted molar refractivity (Wildman–Crippen MR) is 140 cm³/mol. The number of esters is 1. The van der Waals surface area contributed by atoms with Crippen LogP contribution in [0.25, 0.3) is 6.08 Å². The highest BCUT2D eigenvalue weighted by molar-refractivity contribution is 9.10. The number of amides is 2. The van der Waals surface area contributed by atoms with Crippen LogP contribution in [0.15, 0.2) is 70.0 Å². The van der Waals surface area contributed by atoms with Crippen LogP contribution in [0, 0.1) is 0 Å². The van der Waals surface area contributed by atoms with Gasteiger partial charge in [-0.25, -0.2) is 4.79 Å². The third kappa shape index (κ3) is 5.73. The molecule has 0 spiro atoms. The summed E-state index contributed by atoms with van der Waals surface area (Å²) in [6.07, 6.45) is 1.58. The zero-order valence-corrected chi connectivity index (χ0v) is 22.0. The molecule has 0 aromatic heterocycles. The molecule has 1 heterocycles. The van der Waals surface area contributed by atoms with Gasteiger partial charge in [-0.05, 0) is 81.3 Å². The summed E-state index contributed by atoms with van der Waals surface area (Å²) in [5.74, 6) is -0.488. The van der Waals surface area contributed by atoms with E-state index >= 15 is 0 Å². The lowest BCUT2D eigenvalue weighted by molar-refractivity contribution is -0.123. The third-order valence-corrected chi connectivity index (χ3v) is 7.19. The minimum Gasteiger partial charge on any atom is -0.493 e. The molecule has 1 aliphatic heterocycles. The van der Waals surface area contributed by atoms with Crippen LogP contribution in [0.1, 0.15) is 21.5 Å². The largest absolute Gasteiger partial charge is 0.493 e. The average Bonchev–Trinajstić information content (AvgIpc) is 3.10. The summed E-state index contributed by atoms with van der Waals surface area (Å²) in [7, 11) is 1.44. The number of halogens is 3. The molecule has 4 rings (SSSR count). The Bertz CT molecular complexity index is 1360. The Hall–Kier alpha value is -2.78. The van der Waals surface area contributed by atoms with E-state index in [9.17, 15) is 14.4 Å². The topological polar surface area (TPSA) is 72.9 Å². The maximum absolute atomic E-state index is 12.9. The number of hydrogen-bond donors (Lipinski definition) is 0. The van der Waals surface area contributed by atoms with Gasteiger partial charge in [-0.2, -0.15) is 0 Å². The fourth-order valence-corrected chi connectivity index (χ4v) is 4.96. The predicted octanol–water partition coefficient (Wildman–Crippen LogP) is 7.22. The van der Waals surface area contributed by atoms with Crippen LogP contribution in [0.4, 0.5) is 4.79 Å². The first-order valence-electron chi connectivity index (χ1n) is 10.1. The lowest BCUT2D eigenvalue weighted by Crippen LogP contribution is -2.27. The molecule has 10 heteroatoms. The second-order valence-electron chi connectivity index (χ2n) is 7.31. The summed E-state index contributed by atoms with van der Waals surface area (Å²) < 4.78 is 11.4. The Kier molecular flexibility index (Phi) is 7.86. The number of carbonyl (C=O) groups is 3. The van der Waals surface area contributed by atoms with Crippen molar-refractivity contribution in [3.05, 3.63) is 96.8 Å². The van der Waals surface area contributed by atoms with E-state index in [1.54, 1.807) is 66.7 Å². The lowest BCUT2D eigenvalue weighted by atomic mass is 10.1. The molecule has 1 fully saturated rings. The van der Waals surface area contributed by atoms with Gasteiger partial charge >= 0.3 is 5.97 Å². The van der Waals surface area contributed by atoms with Gasteiger partial charge in [0.1, 0.15) is 0 Å². The molecule has 3 aromatic rings. The van der Waals surface area contributed by atoms with Crippen molar-refractivity contribution in [3.63, 3.8) is 0 Å². The molecular weight excluding hydrogens is 577 g/mol. The molecular formula is C25H16BrCl2NO5S. The molecule has 0 N–H and O–H groups in total. The molecule has 0 atom stereocenters. The molecule has 0 bridgehead atoms. The van der Waals surface area contributed by atoms with Crippen LogP contribution in [0.5, 0.6) is 11.5 Å². The monoisotopic (exact) mass is 591 g/mol. The first-order valence-corrected chi connectivity index (χ1v) is 12.5. The summed E-state index contributed by atoms with van der Waals surface area (Å²) in [6.45, 7) is 0.0697. The van der Waals surface area contributed by atoms with Gasteiger partial charge < -0.3 is 9.47 Å². The summed E-state index contributed by atoms with van der Waals surface area (Å²) in [5, 5.41) is 0.338. The quantitative estimate of drug-likeness (QED) is 0.171. The molecule has 0 unspecified atom stereocenters. The Morgan fingerprint density at radius 2 is 1.80 bits per heavy atom. The van der Waals surface area contributed by atoms with Crippen molar-refractivity contribution < 1.29 is 23.9 Å². The molecule has 1 saturated heterocycles. The normalized spacial score (nSPS) is 14.5. The highest BCUT2D eigenvalue weighted by Gasteiger charge is 2.35.